The average molecular weight is 227 g/mol. The molecule has 0 radical (unpaired) electrons. The van der Waals surface area contributed by atoms with Gasteiger partial charge in [-0.15, -0.1) is 0 Å². The van der Waals surface area contributed by atoms with Crippen LogP contribution in [0.2, 0.25) is 0 Å². The molecule has 3 atom stereocenters. The molecule has 1 aromatic carbocycles. The molecular weight excluding hydrogens is 216 g/mol. The summed E-state index contributed by atoms with van der Waals surface area (Å²) in [7, 11) is 0. The van der Waals surface area contributed by atoms with Gasteiger partial charge in [-0.05, 0) is 18.4 Å². The lowest BCUT2D eigenvalue weighted by Gasteiger charge is -2.12. The van der Waals surface area contributed by atoms with Gasteiger partial charge in [0, 0.05) is 17.7 Å². The van der Waals surface area contributed by atoms with E-state index in [1.165, 1.54) is 6.07 Å². The van der Waals surface area contributed by atoms with Crippen LogP contribution >= 0.6 is 0 Å². The fourth-order valence-corrected chi connectivity index (χ4v) is 1.90. The first-order chi connectivity index (χ1) is 7.50. The minimum atomic E-state index is -0.914. The molecule has 0 bridgehead atoms. The van der Waals surface area contributed by atoms with Crippen LogP contribution in [0.5, 0.6) is 0 Å². The van der Waals surface area contributed by atoms with Crippen LogP contribution in [-0.4, -0.2) is 11.1 Å². The number of carbonyl (C=O) groups is 1. The van der Waals surface area contributed by atoms with Crippen molar-refractivity contribution in [1.82, 2.24) is 0 Å². The summed E-state index contributed by atoms with van der Waals surface area (Å²) in [5, 5.41) is 8.72. The third-order valence-electron chi connectivity index (χ3n) is 2.94. The molecule has 3 N–H and O–H groups in total. The van der Waals surface area contributed by atoms with Gasteiger partial charge in [-0.2, -0.15) is 0 Å². The first kappa shape index (κ1) is 11.0. The number of carboxylic acid groups (broad SMARTS) is 1. The summed E-state index contributed by atoms with van der Waals surface area (Å²) in [5.41, 5.74) is 5.93. The zero-order valence-corrected chi connectivity index (χ0v) is 8.36. The maximum absolute atomic E-state index is 13.3. The summed E-state index contributed by atoms with van der Waals surface area (Å²) in [6, 6.07) is 2.47. The SMILES string of the molecule is NC(c1ccc(F)cc1F)C1CC1C(=O)O. The number of hydrogen-bond acceptors (Lipinski definition) is 2. The molecule has 1 aliphatic rings. The van der Waals surface area contributed by atoms with Crippen molar-refractivity contribution in [3.63, 3.8) is 0 Å². The Kier molecular flexibility index (Phi) is 2.63. The van der Waals surface area contributed by atoms with E-state index >= 15 is 0 Å². The highest BCUT2D eigenvalue weighted by Gasteiger charge is 2.47. The van der Waals surface area contributed by atoms with E-state index < -0.39 is 29.6 Å². The highest BCUT2D eigenvalue weighted by atomic mass is 19.1. The van der Waals surface area contributed by atoms with Crippen molar-refractivity contribution < 1.29 is 18.7 Å². The standard InChI is InChI=1S/C11H11F2NO2/c12-5-1-2-6(9(13)3-5)10(14)7-4-8(7)11(15)16/h1-3,7-8,10H,4,14H2,(H,15,16). The summed E-state index contributed by atoms with van der Waals surface area (Å²) in [6.07, 6.45) is 0.452. The van der Waals surface area contributed by atoms with Gasteiger partial charge in [0.05, 0.1) is 5.92 Å². The van der Waals surface area contributed by atoms with Crippen molar-refractivity contribution in [3.05, 3.63) is 35.4 Å². The second kappa shape index (κ2) is 3.83. The van der Waals surface area contributed by atoms with Crippen LogP contribution in [0.3, 0.4) is 0 Å². The molecule has 0 heterocycles. The topological polar surface area (TPSA) is 63.3 Å². The second-order valence-corrected chi connectivity index (χ2v) is 4.04. The van der Waals surface area contributed by atoms with Crippen molar-refractivity contribution in [2.75, 3.05) is 0 Å². The Balaban J connectivity index is 2.16. The predicted octanol–water partition coefficient (Wildman–Crippen LogP) is 1.69. The summed E-state index contributed by atoms with van der Waals surface area (Å²) in [4.78, 5) is 10.6. The van der Waals surface area contributed by atoms with Gasteiger partial charge in [0.1, 0.15) is 11.6 Å². The van der Waals surface area contributed by atoms with Crippen molar-refractivity contribution in [2.24, 2.45) is 17.6 Å². The molecule has 0 amide bonds. The van der Waals surface area contributed by atoms with Gasteiger partial charge < -0.3 is 10.8 Å². The third kappa shape index (κ3) is 1.90. The van der Waals surface area contributed by atoms with Gasteiger partial charge in [0.25, 0.3) is 0 Å². The maximum Gasteiger partial charge on any atom is 0.306 e. The fourth-order valence-electron chi connectivity index (χ4n) is 1.90. The molecule has 16 heavy (non-hydrogen) atoms. The Labute approximate surface area is 90.9 Å². The normalized spacial score (nSPS) is 25.2. The molecule has 3 nitrogen and oxygen atoms in total. The number of hydrogen-bond donors (Lipinski definition) is 2. The molecule has 5 heteroatoms. The summed E-state index contributed by atoms with van der Waals surface area (Å²) < 4.78 is 26.0. The second-order valence-electron chi connectivity index (χ2n) is 4.04. The van der Waals surface area contributed by atoms with Crippen molar-refractivity contribution in [1.29, 1.82) is 0 Å². The highest BCUT2D eigenvalue weighted by Crippen LogP contribution is 2.46. The van der Waals surface area contributed by atoms with E-state index in [-0.39, 0.29) is 11.5 Å². The largest absolute Gasteiger partial charge is 0.481 e. The Morgan fingerprint density at radius 2 is 2.19 bits per heavy atom. The Morgan fingerprint density at radius 1 is 1.50 bits per heavy atom. The van der Waals surface area contributed by atoms with Crippen LogP contribution in [0.4, 0.5) is 8.78 Å². The van der Waals surface area contributed by atoms with E-state index in [4.69, 9.17) is 10.8 Å². The van der Waals surface area contributed by atoms with E-state index in [2.05, 4.69) is 0 Å². The lowest BCUT2D eigenvalue weighted by molar-refractivity contribution is -0.138. The number of benzene rings is 1. The van der Waals surface area contributed by atoms with E-state index in [0.717, 1.165) is 12.1 Å². The molecule has 0 aliphatic heterocycles. The minimum Gasteiger partial charge on any atom is -0.481 e. The van der Waals surface area contributed by atoms with E-state index in [1.54, 1.807) is 0 Å². The molecule has 1 aromatic rings. The Morgan fingerprint density at radius 3 is 2.69 bits per heavy atom. The van der Waals surface area contributed by atoms with Crippen LogP contribution in [0, 0.1) is 23.5 Å². The summed E-state index contributed by atoms with van der Waals surface area (Å²) in [6.45, 7) is 0. The monoisotopic (exact) mass is 227 g/mol. The molecule has 3 unspecified atom stereocenters. The zero-order chi connectivity index (χ0) is 11.9. The quantitative estimate of drug-likeness (QED) is 0.825. The van der Waals surface area contributed by atoms with Gasteiger partial charge in [-0.1, -0.05) is 6.07 Å². The fraction of sp³-hybridized carbons (Fsp3) is 0.364. The minimum absolute atomic E-state index is 0.176. The van der Waals surface area contributed by atoms with Gasteiger partial charge in [-0.25, -0.2) is 8.78 Å². The summed E-state index contributed by atoms with van der Waals surface area (Å²) in [5.74, 6) is -3.05. The predicted molar refractivity (Wildman–Crippen MR) is 52.5 cm³/mol. The van der Waals surface area contributed by atoms with Crippen LogP contribution in [0.25, 0.3) is 0 Å². The van der Waals surface area contributed by atoms with Crippen molar-refractivity contribution in [2.45, 2.75) is 12.5 Å². The van der Waals surface area contributed by atoms with Gasteiger partial charge in [0.2, 0.25) is 0 Å². The number of halogens is 2. The van der Waals surface area contributed by atoms with Gasteiger partial charge in [-0.3, -0.25) is 4.79 Å². The molecule has 86 valence electrons. The number of rotatable bonds is 3. The molecule has 0 saturated heterocycles. The number of aliphatic carboxylic acids is 1. The molecule has 1 aliphatic carbocycles. The smallest absolute Gasteiger partial charge is 0.306 e. The molecule has 1 fully saturated rings. The van der Waals surface area contributed by atoms with Crippen molar-refractivity contribution in [3.8, 4) is 0 Å². The maximum atomic E-state index is 13.3. The van der Waals surface area contributed by atoms with Crippen LogP contribution in [-0.2, 0) is 4.79 Å². The summed E-state index contributed by atoms with van der Waals surface area (Å²) >= 11 is 0. The number of nitrogens with two attached hydrogens (primary N) is 1. The van der Waals surface area contributed by atoms with E-state index in [9.17, 15) is 13.6 Å². The molecule has 0 aromatic heterocycles. The van der Waals surface area contributed by atoms with Crippen molar-refractivity contribution >= 4 is 5.97 Å². The van der Waals surface area contributed by atoms with Crippen LogP contribution in [0.1, 0.15) is 18.0 Å². The Bertz CT molecular complexity index is 436. The molecule has 1 saturated carbocycles. The first-order valence-electron chi connectivity index (χ1n) is 4.94. The van der Waals surface area contributed by atoms with Crippen LogP contribution in [0.15, 0.2) is 18.2 Å². The zero-order valence-electron chi connectivity index (χ0n) is 8.36. The molecule has 0 spiro atoms. The Hall–Kier alpha value is -1.49. The highest BCUT2D eigenvalue weighted by molar-refractivity contribution is 5.73. The van der Waals surface area contributed by atoms with E-state index in [0.29, 0.717) is 6.42 Å². The lowest BCUT2D eigenvalue weighted by Crippen LogP contribution is -2.17. The number of carboxylic acids is 1. The third-order valence-corrected chi connectivity index (χ3v) is 2.94. The lowest BCUT2D eigenvalue weighted by atomic mass is 10.0. The van der Waals surface area contributed by atoms with Gasteiger partial charge in [0.15, 0.2) is 0 Å². The van der Waals surface area contributed by atoms with E-state index in [1.807, 2.05) is 0 Å². The average Bonchev–Trinajstić information content (AvgIpc) is 2.96. The molecule has 2 rings (SSSR count). The first-order valence-corrected chi connectivity index (χ1v) is 4.94. The van der Waals surface area contributed by atoms with Gasteiger partial charge >= 0.3 is 5.97 Å². The molecular formula is C11H11F2NO2. The van der Waals surface area contributed by atoms with Crippen LogP contribution < -0.4 is 5.73 Å².